The van der Waals surface area contributed by atoms with Crippen molar-refractivity contribution in [2.75, 3.05) is 12.4 Å². The molecule has 1 aromatic heterocycles. The van der Waals surface area contributed by atoms with Gasteiger partial charge in [-0.05, 0) is 25.5 Å². The predicted molar refractivity (Wildman–Crippen MR) is 76.8 cm³/mol. The number of hydrogen-bond acceptors (Lipinski definition) is 4. The zero-order valence-electron chi connectivity index (χ0n) is 11.0. The van der Waals surface area contributed by atoms with Crippen LogP contribution in [0.4, 0.5) is 5.69 Å². The Kier molecular flexibility index (Phi) is 4.52. The number of aryl methyl sites for hydroxylation is 2. The number of amides is 1. The largest absolute Gasteiger partial charge is 0.497 e. The molecule has 1 N–H and O–H groups in total. The van der Waals surface area contributed by atoms with E-state index in [9.17, 15) is 4.79 Å². The van der Waals surface area contributed by atoms with Crippen molar-refractivity contribution < 1.29 is 9.53 Å². The second-order valence-corrected chi connectivity index (χ2v) is 5.20. The molecule has 0 radical (unpaired) electrons. The molecule has 2 rings (SSSR count). The summed E-state index contributed by atoms with van der Waals surface area (Å²) in [6.45, 7) is 1.96. The van der Waals surface area contributed by atoms with Crippen molar-refractivity contribution in [3.05, 3.63) is 40.3 Å². The first-order valence-electron chi connectivity index (χ1n) is 6.02. The molecule has 1 heterocycles. The van der Waals surface area contributed by atoms with Gasteiger partial charge in [0.2, 0.25) is 5.91 Å². The zero-order chi connectivity index (χ0) is 13.7. The van der Waals surface area contributed by atoms with E-state index in [2.05, 4.69) is 10.3 Å². The van der Waals surface area contributed by atoms with Crippen LogP contribution in [0.1, 0.15) is 17.1 Å². The molecule has 19 heavy (non-hydrogen) atoms. The van der Waals surface area contributed by atoms with Crippen LogP contribution < -0.4 is 10.1 Å². The van der Waals surface area contributed by atoms with Crippen molar-refractivity contribution in [2.24, 2.45) is 0 Å². The molecule has 0 spiro atoms. The summed E-state index contributed by atoms with van der Waals surface area (Å²) in [5.74, 6) is 0.715. The number of hydrogen-bond donors (Lipinski definition) is 1. The van der Waals surface area contributed by atoms with Crippen molar-refractivity contribution in [1.29, 1.82) is 0 Å². The Balaban J connectivity index is 1.86. The fourth-order valence-corrected chi connectivity index (χ4v) is 2.34. The van der Waals surface area contributed by atoms with E-state index in [1.807, 2.05) is 30.5 Å². The molecule has 0 atom stereocenters. The smallest absolute Gasteiger partial charge is 0.224 e. The number of carbonyl (C=O) groups excluding carboxylic acids is 1. The third-order valence-electron chi connectivity index (χ3n) is 2.63. The monoisotopic (exact) mass is 276 g/mol. The predicted octanol–water partition coefficient (Wildman–Crippen LogP) is 3.03. The van der Waals surface area contributed by atoms with E-state index in [4.69, 9.17) is 4.74 Å². The van der Waals surface area contributed by atoms with Gasteiger partial charge in [-0.1, -0.05) is 6.07 Å². The molecule has 0 aliphatic carbocycles. The lowest BCUT2D eigenvalue weighted by molar-refractivity contribution is -0.116. The van der Waals surface area contributed by atoms with Crippen LogP contribution in [0.15, 0.2) is 29.6 Å². The zero-order valence-corrected chi connectivity index (χ0v) is 11.8. The van der Waals surface area contributed by atoms with Gasteiger partial charge in [-0.15, -0.1) is 11.3 Å². The topological polar surface area (TPSA) is 51.2 Å². The van der Waals surface area contributed by atoms with Gasteiger partial charge in [0.15, 0.2) is 0 Å². The van der Waals surface area contributed by atoms with E-state index in [0.717, 1.165) is 22.1 Å². The van der Waals surface area contributed by atoms with Crippen molar-refractivity contribution in [3.63, 3.8) is 0 Å². The fourth-order valence-electron chi connectivity index (χ4n) is 1.69. The van der Waals surface area contributed by atoms with Crippen LogP contribution in [0.25, 0.3) is 0 Å². The number of benzene rings is 1. The van der Waals surface area contributed by atoms with Crippen molar-refractivity contribution in [2.45, 2.75) is 19.8 Å². The second-order valence-electron chi connectivity index (χ2n) is 4.14. The molecule has 0 aliphatic rings. The highest BCUT2D eigenvalue weighted by Crippen LogP contribution is 2.17. The molecular weight excluding hydrogens is 260 g/mol. The normalized spacial score (nSPS) is 10.2. The Morgan fingerprint density at radius 3 is 3.00 bits per heavy atom. The highest BCUT2D eigenvalue weighted by Gasteiger charge is 2.05. The molecule has 5 heteroatoms. The molecule has 0 aliphatic heterocycles. The summed E-state index contributed by atoms with van der Waals surface area (Å²) >= 11 is 1.61. The van der Waals surface area contributed by atoms with Gasteiger partial charge >= 0.3 is 0 Å². The molecule has 1 aromatic carbocycles. The van der Waals surface area contributed by atoms with Gasteiger partial charge in [-0.25, -0.2) is 4.98 Å². The lowest BCUT2D eigenvalue weighted by Gasteiger charge is -2.06. The van der Waals surface area contributed by atoms with Crippen LogP contribution in [0.5, 0.6) is 5.75 Å². The number of thiazole rings is 1. The number of ether oxygens (including phenoxy) is 1. The van der Waals surface area contributed by atoms with Crippen molar-refractivity contribution in [3.8, 4) is 5.75 Å². The lowest BCUT2D eigenvalue weighted by atomic mass is 10.2. The highest BCUT2D eigenvalue weighted by atomic mass is 32.1. The number of rotatable bonds is 5. The molecule has 0 bridgehead atoms. The summed E-state index contributed by atoms with van der Waals surface area (Å²) < 4.78 is 5.11. The summed E-state index contributed by atoms with van der Waals surface area (Å²) in [6, 6.07) is 7.32. The lowest BCUT2D eigenvalue weighted by Crippen LogP contribution is -2.12. The summed E-state index contributed by atoms with van der Waals surface area (Å²) in [6.07, 6.45) is 1.10. The minimum atomic E-state index is -0.0149. The Bertz CT molecular complexity index is 566. The molecule has 2 aromatic rings. The van der Waals surface area contributed by atoms with Gasteiger partial charge < -0.3 is 10.1 Å². The number of anilines is 1. The molecule has 0 unspecified atom stereocenters. The maximum Gasteiger partial charge on any atom is 0.224 e. The molecule has 0 fully saturated rings. The van der Waals surface area contributed by atoms with Gasteiger partial charge in [0.1, 0.15) is 5.75 Å². The van der Waals surface area contributed by atoms with Gasteiger partial charge in [-0.2, -0.15) is 0 Å². The number of nitrogens with zero attached hydrogens (tertiary/aromatic N) is 1. The Morgan fingerprint density at radius 2 is 2.32 bits per heavy atom. The van der Waals surface area contributed by atoms with Gasteiger partial charge in [0, 0.05) is 23.6 Å². The van der Waals surface area contributed by atoms with E-state index < -0.39 is 0 Å². The molecule has 0 saturated carbocycles. The molecule has 0 saturated heterocycles. The van der Waals surface area contributed by atoms with Crippen LogP contribution in [-0.2, 0) is 11.2 Å². The molecular formula is C14H16N2O2S. The van der Waals surface area contributed by atoms with Crippen LogP contribution in [0.3, 0.4) is 0 Å². The van der Waals surface area contributed by atoms with E-state index in [0.29, 0.717) is 12.8 Å². The maximum atomic E-state index is 11.8. The van der Waals surface area contributed by atoms with Crippen LogP contribution >= 0.6 is 11.3 Å². The third-order valence-corrected chi connectivity index (χ3v) is 3.45. The number of nitrogens with one attached hydrogen (secondary N) is 1. The third kappa shape index (κ3) is 4.06. The SMILES string of the molecule is COc1cccc(NC(=O)CCc2csc(C)n2)c1. The van der Waals surface area contributed by atoms with E-state index in [1.54, 1.807) is 24.5 Å². The Morgan fingerprint density at radius 1 is 1.47 bits per heavy atom. The van der Waals surface area contributed by atoms with Crippen molar-refractivity contribution in [1.82, 2.24) is 4.98 Å². The first-order chi connectivity index (χ1) is 9.17. The van der Waals surface area contributed by atoms with Crippen LogP contribution in [0.2, 0.25) is 0 Å². The summed E-state index contributed by atoms with van der Waals surface area (Å²) in [7, 11) is 1.60. The maximum absolute atomic E-state index is 11.8. The fraction of sp³-hybridized carbons (Fsp3) is 0.286. The quantitative estimate of drug-likeness (QED) is 0.913. The molecule has 100 valence electrons. The van der Waals surface area contributed by atoms with Crippen molar-refractivity contribution >= 4 is 22.9 Å². The summed E-state index contributed by atoms with van der Waals surface area (Å²) in [5, 5.41) is 5.88. The number of methoxy groups -OCH3 is 1. The first kappa shape index (κ1) is 13.5. The van der Waals surface area contributed by atoms with E-state index >= 15 is 0 Å². The molecule has 1 amide bonds. The Hall–Kier alpha value is -1.88. The average molecular weight is 276 g/mol. The number of carbonyl (C=O) groups is 1. The highest BCUT2D eigenvalue weighted by molar-refractivity contribution is 7.09. The van der Waals surface area contributed by atoms with Gasteiger partial charge in [0.25, 0.3) is 0 Å². The average Bonchev–Trinajstić information content (AvgIpc) is 2.82. The second kappa shape index (κ2) is 6.33. The first-order valence-corrected chi connectivity index (χ1v) is 6.90. The summed E-state index contributed by atoms with van der Waals surface area (Å²) in [4.78, 5) is 16.2. The standard InChI is InChI=1S/C14H16N2O2S/c1-10-15-12(9-19-10)6-7-14(17)16-11-4-3-5-13(8-11)18-2/h3-5,8-9H,6-7H2,1-2H3,(H,16,17). The van der Waals surface area contributed by atoms with Crippen LogP contribution in [0, 0.1) is 6.92 Å². The Labute approximate surface area is 116 Å². The van der Waals surface area contributed by atoms with Crippen LogP contribution in [-0.4, -0.2) is 18.0 Å². The van der Waals surface area contributed by atoms with E-state index in [-0.39, 0.29) is 5.91 Å². The molecule has 4 nitrogen and oxygen atoms in total. The number of aromatic nitrogens is 1. The van der Waals surface area contributed by atoms with E-state index in [1.165, 1.54) is 0 Å². The van der Waals surface area contributed by atoms with Gasteiger partial charge in [0.05, 0.1) is 17.8 Å². The van der Waals surface area contributed by atoms with Gasteiger partial charge in [-0.3, -0.25) is 4.79 Å². The minimum Gasteiger partial charge on any atom is -0.497 e. The summed E-state index contributed by atoms with van der Waals surface area (Å²) in [5.41, 5.74) is 1.72. The minimum absolute atomic E-state index is 0.0149.